The maximum absolute atomic E-state index is 13.9. The Morgan fingerprint density at radius 3 is 1.82 bits per heavy atom. The predicted molar refractivity (Wildman–Crippen MR) is 66.3 cm³/mol. The molecule has 0 aromatic rings. The van der Waals surface area contributed by atoms with Gasteiger partial charge in [-0.15, -0.1) is 6.58 Å². The normalized spacial score (nSPS) is 19.4. The van der Waals surface area contributed by atoms with Crippen LogP contribution >= 0.6 is 23.2 Å². The van der Waals surface area contributed by atoms with Crippen molar-refractivity contribution in [2.75, 3.05) is 7.11 Å². The molecule has 0 aliphatic carbocycles. The van der Waals surface area contributed by atoms with Crippen LogP contribution in [0.25, 0.3) is 0 Å². The molecule has 2 unspecified atom stereocenters. The molecule has 0 saturated heterocycles. The Labute approximate surface area is 132 Å². The maximum atomic E-state index is 13.9. The van der Waals surface area contributed by atoms with Crippen LogP contribution in [0.15, 0.2) is 12.7 Å². The van der Waals surface area contributed by atoms with Gasteiger partial charge in [0.15, 0.2) is 0 Å². The lowest BCUT2D eigenvalue weighted by atomic mass is 9.91. The number of rotatable bonds is 9. The van der Waals surface area contributed by atoms with E-state index >= 15 is 0 Å². The molecule has 0 radical (unpaired) electrons. The summed E-state index contributed by atoms with van der Waals surface area (Å²) < 4.78 is 100. The van der Waals surface area contributed by atoms with E-state index in [0.29, 0.717) is 14.0 Å². The molecule has 0 spiro atoms. The second kappa shape index (κ2) is 6.70. The van der Waals surface area contributed by atoms with E-state index in [2.05, 4.69) is 39.3 Å². The van der Waals surface area contributed by atoms with Crippen LogP contribution in [0.1, 0.15) is 19.8 Å². The van der Waals surface area contributed by atoms with E-state index in [0.717, 1.165) is 6.08 Å². The van der Waals surface area contributed by atoms with Crippen molar-refractivity contribution in [3.05, 3.63) is 12.7 Å². The van der Waals surface area contributed by atoms with E-state index in [9.17, 15) is 30.7 Å². The monoisotopic (exact) mass is 380 g/mol. The zero-order valence-electron chi connectivity index (χ0n) is 11.4. The Kier molecular flexibility index (Phi) is 6.63. The van der Waals surface area contributed by atoms with Crippen LogP contribution < -0.4 is 0 Å². The van der Waals surface area contributed by atoms with Gasteiger partial charge >= 0.3 is 22.7 Å². The number of hydrogen-bond donors (Lipinski definition) is 0. The van der Waals surface area contributed by atoms with E-state index in [1.807, 2.05) is 0 Å². The molecule has 22 heavy (non-hydrogen) atoms. The lowest BCUT2D eigenvalue weighted by Gasteiger charge is -2.41. The van der Waals surface area contributed by atoms with Gasteiger partial charge in [-0.25, -0.2) is 0 Å². The van der Waals surface area contributed by atoms with Crippen LogP contribution in [-0.4, -0.2) is 35.4 Å². The molecular weight excluding hydrogens is 368 g/mol. The average molecular weight is 381 g/mol. The molecule has 0 N–H and O–H groups in total. The fourth-order valence-corrected chi connectivity index (χ4v) is 1.49. The largest absolute Gasteiger partial charge is 0.426 e. The maximum Gasteiger partial charge on any atom is 0.426 e. The first-order chi connectivity index (χ1) is 9.58. The van der Waals surface area contributed by atoms with Gasteiger partial charge in [0.1, 0.15) is 5.60 Å². The van der Waals surface area contributed by atoms with E-state index in [4.69, 9.17) is 0 Å². The van der Waals surface area contributed by atoms with Gasteiger partial charge in [0.05, 0.1) is 0 Å². The van der Waals surface area contributed by atoms with Crippen molar-refractivity contribution in [1.82, 2.24) is 0 Å². The number of ether oxygens (including phenoxy) is 2. The molecule has 132 valence electrons. The molecule has 2 nitrogen and oxygen atoms in total. The first kappa shape index (κ1) is 21.8. The van der Waals surface area contributed by atoms with Crippen LogP contribution in [0.3, 0.4) is 0 Å². The Bertz CT molecular complexity index is 398. The number of halogens is 9. The Morgan fingerprint density at radius 1 is 1.05 bits per heavy atom. The summed E-state index contributed by atoms with van der Waals surface area (Å²) in [6.07, 6.45) is -5.46. The fraction of sp³-hybridized carbons (Fsp3) is 0.818. The summed E-state index contributed by atoms with van der Waals surface area (Å²) in [5, 5.41) is -10.2. The van der Waals surface area contributed by atoms with Gasteiger partial charge in [0.25, 0.3) is 0 Å². The highest BCUT2D eigenvalue weighted by molar-refractivity contribution is 6.31. The molecule has 0 aromatic carbocycles. The molecule has 0 aliphatic rings. The molecule has 0 heterocycles. The third-order valence-corrected chi connectivity index (χ3v) is 3.55. The Morgan fingerprint density at radius 2 is 1.50 bits per heavy atom. The smallest absolute Gasteiger partial charge is 0.372 e. The standard InChI is InChI=1S/C11H13Cl2F7O2/c1-4-5-6-7(2,21-3)8(14,15)11(19,20)22-10(13,18)9(12,16)17/h4H,1,5-6H2,2-3H3. The molecule has 2 atom stereocenters. The molecule has 0 aromatic heterocycles. The van der Waals surface area contributed by atoms with E-state index in [1.54, 1.807) is 0 Å². The molecule has 0 bridgehead atoms. The minimum Gasteiger partial charge on any atom is -0.372 e. The number of hydrogen-bond acceptors (Lipinski definition) is 2. The van der Waals surface area contributed by atoms with Gasteiger partial charge in [0.2, 0.25) is 0 Å². The summed E-state index contributed by atoms with van der Waals surface area (Å²) in [5.74, 6) is -5.22. The van der Waals surface area contributed by atoms with E-state index in [1.165, 1.54) is 0 Å². The van der Waals surface area contributed by atoms with Crippen LogP contribution in [0.5, 0.6) is 0 Å². The highest BCUT2D eigenvalue weighted by Gasteiger charge is 2.73. The number of allylic oxidation sites excluding steroid dienone is 1. The minimum absolute atomic E-state index is 0.177. The second-order valence-electron chi connectivity index (χ2n) is 4.47. The van der Waals surface area contributed by atoms with Crippen molar-refractivity contribution >= 4 is 23.2 Å². The van der Waals surface area contributed by atoms with Crippen molar-refractivity contribution < 1.29 is 40.2 Å². The first-order valence-corrected chi connectivity index (χ1v) is 6.40. The van der Waals surface area contributed by atoms with Crippen molar-refractivity contribution in [3.63, 3.8) is 0 Å². The van der Waals surface area contributed by atoms with Crippen LogP contribution in [-0.2, 0) is 9.47 Å². The summed E-state index contributed by atoms with van der Waals surface area (Å²) in [6.45, 7) is 3.79. The molecule has 0 rings (SSSR count). The molecule has 0 aliphatic heterocycles. The van der Waals surface area contributed by atoms with Gasteiger partial charge in [0, 0.05) is 7.11 Å². The summed E-state index contributed by atoms with van der Waals surface area (Å²) in [7, 11) is 0.687. The molecule has 0 amide bonds. The zero-order chi connectivity index (χ0) is 18.0. The van der Waals surface area contributed by atoms with E-state index in [-0.39, 0.29) is 6.42 Å². The van der Waals surface area contributed by atoms with E-state index < -0.39 is 34.7 Å². The van der Waals surface area contributed by atoms with Gasteiger partial charge in [-0.1, -0.05) is 6.08 Å². The van der Waals surface area contributed by atoms with Crippen LogP contribution in [0.4, 0.5) is 30.7 Å². The zero-order valence-corrected chi connectivity index (χ0v) is 12.9. The Balaban J connectivity index is 5.59. The van der Waals surface area contributed by atoms with Crippen molar-refractivity contribution in [1.29, 1.82) is 0 Å². The quantitative estimate of drug-likeness (QED) is 0.307. The number of methoxy groups -OCH3 is 1. The van der Waals surface area contributed by atoms with Gasteiger partial charge < -0.3 is 4.74 Å². The fourth-order valence-electron chi connectivity index (χ4n) is 1.36. The minimum atomic E-state index is -5.74. The topological polar surface area (TPSA) is 18.5 Å². The van der Waals surface area contributed by atoms with Gasteiger partial charge in [-0.05, 0) is 43.0 Å². The van der Waals surface area contributed by atoms with Gasteiger partial charge in [-0.3, -0.25) is 4.74 Å². The SMILES string of the molecule is C=CCCC(C)(OC)C(F)(F)C(F)(F)OC(F)(Cl)C(F)(F)Cl. The highest BCUT2D eigenvalue weighted by Crippen LogP contribution is 2.52. The second-order valence-corrected chi connectivity index (χ2v) is 5.43. The van der Waals surface area contributed by atoms with Crippen LogP contribution in [0.2, 0.25) is 0 Å². The Hall–Kier alpha value is -0.250. The van der Waals surface area contributed by atoms with Crippen LogP contribution in [0, 0.1) is 0 Å². The molecule has 0 saturated carbocycles. The van der Waals surface area contributed by atoms with Gasteiger partial charge in [-0.2, -0.15) is 30.7 Å². The van der Waals surface area contributed by atoms with Crippen molar-refractivity contribution in [3.8, 4) is 0 Å². The molecule has 0 fully saturated rings. The summed E-state index contributed by atoms with van der Waals surface area (Å²) in [6, 6.07) is 0. The third-order valence-electron chi connectivity index (χ3n) is 2.89. The predicted octanol–water partition coefficient (Wildman–Crippen LogP) is 5.30. The first-order valence-electron chi connectivity index (χ1n) is 5.64. The highest BCUT2D eigenvalue weighted by atomic mass is 35.5. The van der Waals surface area contributed by atoms with Crippen molar-refractivity contribution in [2.45, 2.75) is 48.1 Å². The summed E-state index contributed by atoms with van der Waals surface area (Å²) >= 11 is 8.48. The summed E-state index contributed by atoms with van der Waals surface area (Å²) in [4.78, 5) is 0. The van der Waals surface area contributed by atoms with Crippen molar-refractivity contribution in [2.24, 2.45) is 0 Å². The molecule has 11 heteroatoms. The molecular formula is C11H13Cl2F7O2. The lowest BCUT2D eigenvalue weighted by molar-refractivity contribution is -0.429. The lowest BCUT2D eigenvalue weighted by Crippen LogP contribution is -2.61. The summed E-state index contributed by atoms with van der Waals surface area (Å²) in [5.41, 5.74) is -2.88. The average Bonchev–Trinajstić information content (AvgIpc) is 2.32. The third kappa shape index (κ3) is 4.18. The number of alkyl halides is 9.